The molecule has 0 aliphatic rings. The van der Waals surface area contributed by atoms with Crippen molar-refractivity contribution in [1.29, 1.82) is 0 Å². The Morgan fingerprint density at radius 1 is 1.37 bits per heavy atom. The number of nitro groups is 1. The molecule has 19 heavy (non-hydrogen) atoms. The standard InChI is InChI=1S/C12H12N4O3/c1-7-4-5-10(16(18)19)6-11(7)15-8(2)12(9(3)17)13-14-15/h4-6H,1-3H3. The summed E-state index contributed by atoms with van der Waals surface area (Å²) in [6.45, 7) is 4.92. The predicted molar refractivity (Wildman–Crippen MR) is 67.5 cm³/mol. The van der Waals surface area contributed by atoms with Gasteiger partial charge in [-0.15, -0.1) is 5.10 Å². The topological polar surface area (TPSA) is 90.9 Å². The molecular formula is C12H12N4O3. The molecule has 0 aliphatic carbocycles. The van der Waals surface area contributed by atoms with Crippen molar-refractivity contribution in [3.63, 3.8) is 0 Å². The summed E-state index contributed by atoms with van der Waals surface area (Å²) < 4.78 is 1.44. The molecule has 0 atom stereocenters. The van der Waals surface area contributed by atoms with Crippen LogP contribution in [0.5, 0.6) is 0 Å². The molecule has 0 radical (unpaired) electrons. The molecule has 0 unspecified atom stereocenters. The molecule has 7 nitrogen and oxygen atoms in total. The van der Waals surface area contributed by atoms with E-state index in [-0.39, 0.29) is 17.2 Å². The lowest BCUT2D eigenvalue weighted by molar-refractivity contribution is -0.384. The number of carbonyl (C=O) groups excluding carboxylic acids is 1. The minimum atomic E-state index is -0.471. The average Bonchev–Trinajstić information content (AvgIpc) is 2.71. The van der Waals surface area contributed by atoms with Gasteiger partial charge in [0.2, 0.25) is 0 Å². The van der Waals surface area contributed by atoms with Gasteiger partial charge in [0.05, 0.1) is 16.3 Å². The summed E-state index contributed by atoms with van der Waals surface area (Å²) in [6, 6.07) is 4.49. The minimum absolute atomic E-state index is 0.0279. The highest BCUT2D eigenvalue weighted by Gasteiger charge is 2.17. The van der Waals surface area contributed by atoms with Crippen LogP contribution in [-0.4, -0.2) is 25.7 Å². The summed E-state index contributed by atoms with van der Waals surface area (Å²) in [5.74, 6) is -0.188. The molecule has 2 rings (SSSR count). The van der Waals surface area contributed by atoms with E-state index in [0.717, 1.165) is 5.56 Å². The van der Waals surface area contributed by atoms with Crippen LogP contribution in [0.25, 0.3) is 5.69 Å². The van der Waals surface area contributed by atoms with Crippen LogP contribution in [0.15, 0.2) is 18.2 Å². The quantitative estimate of drug-likeness (QED) is 0.478. The number of ketones is 1. The SMILES string of the molecule is CC(=O)c1nnn(-c2cc([N+](=O)[O-])ccc2C)c1C. The first kappa shape index (κ1) is 12.9. The van der Waals surface area contributed by atoms with Crippen LogP contribution >= 0.6 is 0 Å². The third kappa shape index (κ3) is 2.22. The Balaban J connectivity index is 2.61. The first-order chi connectivity index (χ1) is 8.91. The molecule has 1 aromatic carbocycles. The van der Waals surface area contributed by atoms with Gasteiger partial charge in [0.1, 0.15) is 0 Å². The van der Waals surface area contributed by atoms with Gasteiger partial charge in [0.15, 0.2) is 11.5 Å². The highest BCUT2D eigenvalue weighted by molar-refractivity contribution is 5.93. The number of aryl methyl sites for hydroxylation is 1. The molecule has 0 aliphatic heterocycles. The number of rotatable bonds is 3. The van der Waals surface area contributed by atoms with Gasteiger partial charge in [-0.3, -0.25) is 14.9 Å². The van der Waals surface area contributed by atoms with Crippen LogP contribution in [0.3, 0.4) is 0 Å². The Bertz CT molecular complexity index is 676. The Hall–Kier alpha value is -2.57. The largest absolute Gasteiger partial charge is 0.293 e. The van der Waals surface area contributed by atoms with Crippen molar-refractivity contribution in [2.45, 2.75) is 20.8 Å². The van der Waals surface area contributed by atoms with E-state index >= 15 is 0 Å². The lowest BCUT2D eigenvalue weighted by Gasteiger charge is -2.06. The van der Waals surface area contributed by atoms with Crippen molar-refractivity contribution in [3.05, 3.63) is 45.3 Å². The third-order valence-electron chi connectivity index (χ3n) is 2.86. The number of nitrogens with zero attached hydrogens (tertiary/aromatic N) is 4. The smallest absolute Gasteiger partial charge is 0.271 e. The van der Waals surface area contributed by atoms with E-state index < -0.39 is 4.92 Å². The van der Waals surface area contributed by atoms with Crippen molar-refractivity contribution in [2.75, 3.05) is 0 Å². The maximum atomic E-state index is 11.3. The fourth-order valence-corrected chi connectivity index (χ4v) is 1.82. The van der Waals surface area contributed by atoms with Crippen LogP contribution in [0.2, 0.25) is 0 Å². The summed E-state index contributed by atoms with van der Waals surface area (Å²) in [7, 11) is 0. The number of nitro benzene ring substituents is 1. The van der Waals surface area contributed by atoms with E-state index in [1.54, 1.807) is 13.0 Å². The summed E-state index contributed by atoms with van der Waals surface area (Å²) in [4.78, 5) is 21.7. The molecule has 0 N–H and O–H groups in total. The van der Waals surface area contributed by atoms with Gasteiger partial charge in [-0.05, 0) is 19.4 Å². The van der Waals surface area contributed by atoms with Gasteiger partial charge >= 0.3 is 0 Å². The first-order valence-electron chi connectivity index (χ1n) is 5.60. The average molecular weight is 260 g/mol. The highest BCUT2D eigenvalue weighted by Crippen LogP contribution is 2.22. The van der Waals surface area contributed by atoms with Crippen molar-refractivity contribution >= 4 is 11.5 Å². The molecule has 1 aromatic heterocycles. The maximum absolute atomic E-state index is 11.3. The lowest BCUT2D eigenvalue weighted by Crippen LogP contribution is -2.04. The van der Waals surface area contributed by atoms with Crippen molar-refractivity contribution < 1.29 is 9.72 Å². The van der Waals surface area contributed by atoms with Gasteiger partial charge in [0, 0.05) is 19.1 Å². The van der Waals surface area contributed by atoms with Crippen LogP contribution in [0.4, 0.5) is 5.69 Å². The number of Topliss-reactive ketones (excluding diaryl/α,β-unsaturated/α-hetero) is 1. The van der Waals surface area contributed by atoms with E-state index in [1.165, 1.54) is 23.7 Å². The summed E-state index contributed by atoms with van der Waals surface area (Å²) in [6.07, 6.45) is 0. The van der Waals surface area contributed by atoms with Gasteiger partial charge in [-0.1, -0.05) is 11.3 Å². The van der Waals surface area contributed by atoms with E-state index in [0.29, 0.717) is 11.4 Å². The highest BCUT2D eigenvalue weighted by atomic mass is 16.6. The first-order valence-corrected chi connectivity index (χ1v) is 5.60. The molecule has 2 aromatic rings. The molecule has 0 amide bonds. The molecule has 0 saturated heterocycles. The lowest BCUT2D eigenvalue weighted by atomic mass is 10.1. The van der Waals surface area contributed by atoms with E-state index in [9.17, 15) is 14.9 Å². The molecule has 1 heterocycles. The number of carbonyl (C=O) groups is 1. The second-order valence-electron chi connectivity index (χ2n) is 4.22. The number of hydrogen-bond acceptors (Lipinski definition) is 5. The minimum Gasteiger partial charge on any atom is -0.293 e. The Labute approximate surface area is 109 Å². The molecular weight excluding hydrogens is 248 g/mol. The van der Waals surface area contributed by atoms with Gasteiger partial charge < -0.3 is 0 Å². The molecule has 0 fully saturated rings. The second-order valence-corrected chi connectivity index (χ2v) is 4.22. The van der Waals surface area contributed by atoms with E-state index in [2.05, 4.69) is 10.3 Å². The van der Waals surface area contributed by atoms with E-state index in [1.807, 2.05) is 6.92 Å². The van der Waals surface area contributed by atoms with Gasteiger partial charge in [0.25, 0.3) is 5.69 Å². The Morgan fingerprint density at radius 2 is 2.05 bits per heavy atom. The fraction of sp³-hybridized carbons (Fsp3) is 0.250. The number of benzene rings is 1. The van der Waals surface area contributed by atoms with Gasteiger partial charge in [-0.2, -0.15) is 0 Å². The van der Waals surface area contributed by atoms with Crippen LogP contribution in [0, 0.1) is 24.0 Å². The zero-order valence-corrected chi connectivity index (χ0v) is 10.7. The molecule has 0 saturated carbocycles. The normalized spacial score (nSPS) is 10.5. The summed E-state index contributed by atoms with van der Waals surface area (Å²) >= 11 is 0. The Kier molecular flexibility index (Phi) is 3.12. The van der Waals surface area contributed by atoms with Crippen LogP contribution < -0.4 is 0 Å². The molecule has 7 heteroatoms. The maximum Gasteiger partial charge on any atom is 0.271 e. The van der Waals surface area contributed by atoms with Gasteiger partial charge in [-0.25, -0.2) is 4.68 Å². The zero-order valence-electron chi connectivity index (χ0n) is 10.7. The molecule has 98 valence electrons. The third-order valence-corrected chi connectivity index (χ3v) is 2.86. The summed E-state index contributed by atoms with van der Waals surface area (Å²) in [5, 5.41) is 18.5. The molecule has 0 spiro atoms. The van der Waals surface area contributed by atoms with Crippen molar-refractivity contribution in [3.8, 4) is 5.69 Å². The second kappa shape index (κ2) is 4.60. The predicted octanol–water partition coefficient (Wildman–Crippen LogP) is 1.99. The zero-order chi connectivity index (χ0) is 14.2. The van der Waals surface area contributed by atoms with Crippen LogP contribution in [-0.2, 0) is 0 Å². The number of hydrogen-bond donors (Lipinski definition) is 0. The van der Waals surface area contributed by atoms with Crippen molar-refractivity contribution in [1.82, 2.24) is 15.0 Å². The number of aromatic nitrogens is 3. The number of non-ortho nitro benzene ring substituents is 1. The molecule has 0 bridgehead atoms. The van der Waals surface area contributed by atoms with Crippen molar-refractivity contribution in [2.24, 2.45) is 0 Å². The van der Waals surface area contributed by atoms with Crippen LogP contribution in [0.1, 0.15) is 28.7 Å². The Morgan fingerprint density at radius 3 is 2.58 bits per heavy atom. The monoisotopic (exact) mass is 260 g/mol. The van der Waals surface area contributed by atoms with E-state index in [4.69, 9.17) is 0 Å². The fourth-order valence-electron chi connectivity index (χ4n) is 1.82. The summed E-state index contributed by atoms with van der Waals surface area (Å²) in [5.41, 5.74) is 2.17.